The molecule has 1 fully saturated rings. The summed E-state index contributed by atoms with van der Waals surface area (Å²) >= 11 is 0. The van der Waals surface area contributed by atoms with Crippen LogP contribution in [0.3, 0.4) is 0 Å². The quantitative estimate of drug-likeness (QED) is 0.780. The van der Waals surface area contributed by atoms with Gasteiger partial charge in [-0.05, 0) is 32.1 Å². The molecular formula is C13H20N2O4. The number of hydrogen-bond acceptors (Lipinski definition) is 6. The maximum absolute atomic E-state index is 11.5. The fraction of sp³-hybridized carbons (Fsp3) is 0.769. The van der Waals surface area contributed by atoms with Crippen LogP contribution in [0.1, 0.15) is 56.0 Å². The van der Waals surface area contributed by atoms with Gasteiger partial charge in [-0.15, -0.1) is 0 Å². The number of esters is 1. The first kappa shape index (κ1) is 14.0. The number of ether oxygens (including phenoxy) is 2. The second kappa shape index (κ2) is 5.69. The van der Waals surface area contributed by atoms with E-state index in [0.29, 0.717) is 11.7 Å². The van der Waals surface area contributed by atoms with Crippen LogP contribution in [0, 0.1) is 5.92 Å². The van der Waals surface area contributed by atoms with Crippen molar-refractivity contribution in [3.63, 3.8) is 0 Å². The number of rotatable bonds is 4. The lowest BCUT2D eigenvalue weighted by molar-refractivity contribution is -0.0658. The van der Waals surface area contributed by atoms with Gasteiger partial charge in [-0.2, -0.15) is 4.98 Å². The highest BCUT2D eigenvalue weighted by Gasteiger charge is 2.41. The maximum Gasteiger partial charge on any atom is 0.397 e. The Bertz CT molecular complexity index is 446. The number of aromatic nitrogens is 2. The van der Waals surface area contributed by atoms with E-state index in [2.05, 4.69) is 17.1 Å². The molecule has 0 aromatic carbocycles. The second-order valence-corrected chi connectivity index (χ2v) is 5.04. The van der Waals surface area contributed by atoms with E-state index >= 15 is 0 Å². The predicted octanol–water partition coefficient (Wildman–Crippen LogP) is 2.30. The molecule has 1 aliphatic carbocycles. The van der Waals surface area contributed by atoms with E-state index in [-0.39, 0.29) is 12.5 Å². The summed E-state index contributed by atoms with van der Waals surface area (Å²) in [4.78, 5) is 15.7. The fourth-order valence-corrected chi connectivity index (χ4v) is 2.67. The number of methoxy groups -OCH3 is 1. The zero-order valence-electron chi connectivity index (χ0n) is 11.6. The monoisotopic (exact) mass is 268 g/mol. The van der Waals surface area contributed by atoms with E-state index in [4.69, 9.17) is 14.0 Å². The second-order valence-electron chi connectivity index (χ2n) is 5.04. The Labute approximate surface area is 112 Å². The third kappa shape index (κ3) is 2.78. The van der Waals surface area contributed by atoms with E-state index in [0.717, 1.165) is 19.3 Å². The molecular weight excluding hydrogens is 248 g/mol. The Morgan fingerprint density at radius 3 is 3.00 bits per heavy atom. The summed E-state index contributed by atoms with van der Waals surface area (Å²) in [6.45, 7) is 4.19. The molecule has 2 rings (SSSR count). The Morgan fingerprint density at radius 2 is 2.37 bits per heavy atom. The van der Waals surface area contributed by atoms with Crippen LogP contribution in [0.5, 0.6) is 0 Å². The van der Waals surface area contributed by atoms with Gasteiger partial charge in [0.2, 0.25) is 5.82 Å². The van der Waals surface area contributed by atoms with Crippen molar-refractivity contribution in [3.05, 3.63) is 11.7 Å². The molecule has 1 heterocycles. The Hall–Kier alpha value is -1.43. The van der Waals surface area contributed by atoms with Crippen LogP contribution >= 0.6 is 0 Å². The Kier molecular flexibility index (Phi) is 4.19. The summed E-state index contributed by atoms with van der Waals surface area (Å²) in [7, 11) is 1.65. The molecule has 0 radical (unpaired) electrons. The lowest BCUT2D eigenvalue weighted by Crippen LogP contribution is -2.35. The summed E-state index contributed by atoms with van der Waals surface area (Å²) in [5, 5.41) is 3.91. The van der Waals surface area contributed by atoms with Crippen molar-refractivity contribution in [3.8, 4) is 0 Å². The van der Waals surface area contributed by atoms with E-state index in [9.17, 15) is 4.79 Å². The molecule has 0 bridgehead atoms. The van der Waals surface area contributed by atoms with Gasteiger partial charge in [-0.1, -0.05) is 18.5 Å². The van der Waals surface area contributed by atoms with Gasteiger partial charge < -0.3 is 14.0 Å². The van der Waals surface area contributed by atoms with Crippen LogP contribution in [-0.4, -0.2) is 29.8 Å². The van der Waals surface area contributed by atoms with Gasteiger partial charge >= 0.3 is 11.9 Å². The minimum atomic E-state index is -0.587. The van der Waals surface area contributed by atoms with Crippen LogP contribution in [0.2, 0.25) is 0 Å². The Morgan fingerprint density at radius 1 is 1.58 bits per heavy atom. The van der Waals surface area contributed by atoms with Gasteiger partial charge in [0, 0.05) is 7.11 Å². The smallest absolute Gasteiger partial charge is 0.397 e. The van der Waals surface area contributed by atoms with Gasteiger partial charge in [0.25, 0.3) is 0 Å². The van der Waals surface area contributed by atoms with Gasteiger partial charge in [0.05, 0.1) is 6.61 Å². The normalized spacial score (nSPS) is 27.2. The first-order chi connectivity index (χ1) is 9.11. The van der Waals surface area contributed by atoms with E-state index in [1.807, 2.05) is 0 Å². The SMILES string of the molecule is CCOC(=O)c1nc(C2(OC)CCCC(C)C2)no1. The van der Waals surface area contributed by atoms with Gasteiger partial charge in [0.1, 0.15) is 5.60 Å². The highest BCUT2D eigenvalue weighted by Crippen LogP contribution is 2.41. The van der Waals surface area contributed by atoms with Crippen LogP contribution in [0.15, 0.2) is 4.52 Å². The molecule has 2 unspecified atom stereocenters. The molecule has 6 heteroatoms. The van der Waals surface area contributed by atoms with Crippen molar-refractivity contribution in [2.45, 2.75) is 45.1 Å². The molecule has 1 aliphatic rings. The molecule has 0 aliphatic heterocycles. The van der Waals surface area contributed by atoms with Crippen LogP contribution < -0.4 is 0 Å². The molecule has 0 N–H and O–H groups in total. The van der Waals surface area contributed by atoms with E-state index < -0.39 is 11.6 Å². The minimum Gasteiger partial charge on any atom is -0.459 e. The first-order valence-corrected chi connectivity index (χ1v) is 6.67. The average molecular weight is 268 g/mol. The van der Waals surface area contributed by atoms with Crippen molar-refractivity contribution in [2.24, 2.45) is 5.92 Å². The van der Waals surface area contributed by atoms with Crippen molar-refractivity contribution in [1.82, 2.24) is 10.1 Å². The van der Waals surface area contributed by atoms with Crippen molar-refractivity contribution in [2.75, 3.05) is 13.7 Å². The van der Waals surface area contributed by atoms with Gasteiger partial charge in [-0.25, -0.2) is 4.79 Å². The van der Waals surface area contributed by atoms with Gasteiger partial charge in [0.15, 0.2) is 0 Å². The molecule has 0 saturated heterocycles. The zero-order valence-corrected chi connectivity index (χ0v) is 11.6. The Balaban J connectivity index is 2.22. The molecule has 106 valence electrons. The summed E-state index contributed by atoms with van der Waals surface area (Å²) in [5.74, 6) is 0.297. The molecule has 6 nitrogen and oxygen atoms in total. The molecule has 0 amide bonds. The lowest BCUT2D eigenvalue weighted by atomic mass is 9.78. The molecule has 0 spiro atoms. The number of hydrogen-bond donors (Lipinski definition) is 0. The fourth-order valence-electron chi connectivity index (χ4n) is 2.67. The van der Waals surface area contributed by atoms with E-state index in [1.165, 1.54) is 6.42 Å². The summed E-state index contributed by atoms with van der Waals surface area (Å²) in [6.07, 6.45) is 3.91. The third-order valence-electron chi connectivity index (χ3n) is 3.63. The molecule has 1 saturated carbocycles. The predicted molar refractivity (Wildman–Crippen MR) is 66.6 cm³/mol. The average Bonchev–Trinajstić information content (AvgIpc) is 2.89. The summed E-state index contributed by atoms with van der Waals surface area (Å²) < 4.78 is 15.5. The largest absolute Gasteiger partial charge is 0.459 e. The summed E-state index contributed by atoms with van der Waals surface area (Å²) in [5.41, 5.74) is -0.536. The summed E-state index contributed by atoms with van der Waals surface area (Å²) in [6, 6.07) is 0. The number of carbonyl (C=O) groups is 1. The molecule has 1 aromatic heterocycles. The number of carbonyl (C=O) groups excluding carboxylic acids is 1. The number of nitrogens with zero attached hydrogens (tertiary/aromatic N) is 2. The van der Waals surface area contributed by atoms with E-state index in [1.54, 1.807) is 14.0 Å². The van der Waals surface area contributed by atoms with Crippen LogP contribution in [-0.2, 0) is 15.1 Å². The molecule has 19 heavy (non-hydrogen) atoms. The molecule has 1 aromatic rings. The highest BCUT2D eigenvalue weighted by molar-refractivity contribution is 5.83. The van der Waals surface area contributed by atoms with Crippen LogP contribution in [0.25, 0.3) is 0 Å². The third-order valence-corrected chi connectivity index (χ3v) is 3.63. The van der Waals surface area contributed by atoms with Crippen molar-refractivity contribution < 1.29 is 18.8 Å². The van der Waals surface area contributed by atoms with Crippen LogP contribution in [0.4, 0.5) is 0 Å². The first-order valence-electron chi connectivity index (χ1n) is 6.67. The zero-order chi connectivity index (χ0) is 13.9. The topological polar surface area (TPSA) is 74.5 Å². The maximum atomic E-state index is 11.5. The molecule has 2 atom stereocenters. The highest BCUT2D eigenvalue weighted by atomic mass is 16.6. The minimum absolute atomic E-state index is 0.105. The standard InChI is InChI=1S/C13H20N2O4/c1-4-18-11(16)10-14-12(15-19-10)13(17-3)7-5-6-9(2)8-13/h9H,4-8H2,1-3H3. The lowest BCUT2D eigenvalue weighted by Gasteiger charge is -2.36. The van der Waals surface area contributed by atoms with Gasteiger partial charge in [-0.3, -0.25) is 0 Å². The van der Waals surface area contributed by atoms with Crippen molar-refractivity contribution in [1.29, 1.82) is 0 Å². The van der Waals surface area contributed by atoms with Crippen molar-refractivity contribution >= 4 is 5.97 Å².